The Bertz CT molecular complexity index is 396. The van der Waals surface area contributed by atoms with E-state index in [-0.39, 0.29) is 5.97 Å². The second-order valence-electron chi connectivity index (χ2n) is 4.91. The van der Waals surface area contributed by atoms with Crippen molar-refractivity contribution in [2.75, 3.05) is 20.2 Å². The molecular weight excluding hydrogens is 242 g/mol. The van der Waals surface area contributed by atoms with Gasteiger partial charge in [0, 0.05) is 6.42 Å². The van der Waals surface area contributed by atoms with Crippen LogP contribution >= 0.6 is 0 Å². The Hall–Kier alpha value is -1.55. The Morgan fingerprint density at radius 3 is 2.58 bits per heavy atom. The largest absolute Gasteiger partial charge is 0.497 e. The molecule has 1 N–H and O–H groups in total. The van der Waals surface area contributed by atoms with Gasteiger partial charge in [-0.3, -0.25) is 4.79 Å². The molecule has 0 unspecified atom stereocenters. The maximum Gasteiger partial charge on any atom is 0.306 e. The standard InChI is InChI=1S/C15H21NO3/c1-18-14-4-2-13(3-5-14)11-19-15(17)10-12-6-8-16-9-7-12/h2-5,12,16H,6-11H2,1H3. The Morgan fingerprint density at radius 2 is 1.95 bits per heavy atom. The van der Waals surface area contributed by atoms with Crippen LogP contribution < -0.4 is 10.1 Å². The van der Waals surface area contributed by atoms with E-state index in [0.29, 0.717) is 18.9 Å². The van der Waals surface area contributed by atoms with Gasteiger partial charge in [0.1, 0.15) is 12.4 Å². The minimum Gasteiger partial charge on any atom is -0.497 e. The number of benzene rings is 1. The summed E-state index contributed by atoms with van der Waals surface area (Å²) in [6.07, 6.45) is 2.67. The minimum atomic E-state index is -0.0947. The third-order valence-corrected chi connectivity index (χ3v) is 3.47. The molecule has 1 aromatic rings. The molecule has 2 rings (SSSR count). The molecule has 1 heterocycles. The molecule has 0 radical (unpaired) electrons. The fourth-order valence-electron chi connectivity index (χ4n) is 2.27. The molecule has 4 nitrogen and oxygen atoms in total. The Labute approximate surface area is 114 Å². The quantitative estimate of drug-likeness (QED) is 0.827. The lowest BCUT2D eigenvalue weighted by atomic mass is 9.95. The lowest BCUT2D eigenvalue weighted by Gasteiger charge is -2.21. The summed E-state index contributed by atoms with van der Waals surface area (Å²) < 4.78 is 10.4. The summed E-state index contributed by atoms with van der Waals surface area (Å²) in [4.78, 5) is 11.7. The van der Waals surface area contributed by atoms with E-state index in [1.165, 1.54) is 0 Å². The fraction of sp³-hybridized carbons (Fsp3) is 0.533. The van der Waals surface area contributed by atoms with Crippen molar-refractivity contribution in [1.29, 1.82) is 0 Å². The van der Waals surface area contributed by atoms with E-state index in [0.717, 1.165) is 37.2 Å². The van der Waals surface area contributed by atoms with Crippen LogP contribution in [-0.4, -0.2) is 26.2 Å². The van der Waals surface area contributed by atoms with E-state index < -0.39 is 0 Å². The van der Waals surface area contributed by atoms with Gasteiger partial charge < -0.3 is 14.8 Å². The molecule has 4 heteroatoms. The molecule has 0 saturated carbocycles. The maximum absolute atomic E-state index is 11.7. The lowest BCUT2D eigenvalue weighted by molar-refractivity contribution is -0.146. The van der Waals surface area contributed by atoms with E-state index in [2.05, 4.69) is 5.32 Å². The van der Waals surface area contributed by atoms with Crippen molar-refractivity contribution in [3.05, 3.63) is 29.8 Å². The smallest absolute Gasteiger partial charge is 0.306 e. The molecule has 0 spiro atoms. The zero-order valence-electron chi connectivity index (χ0n) is 11.4. The van der Waals surface area contributed by atoms with Crippen LogP contribution in [0.5, 0.6) is 5.75 Å². The van der Waals surface area contributed by atoms with Crippen LogP contribution in [0, 0.1) is 5.92 Å². The Kier molecular flexibility index (Phi) is 5.21. The number of piperidine rings is 1. The predicted octanol–water partition coefficient (Wildman–Crippen LogP) is 2.13. The van der Waals surface area contributed by atoms with Gasteiger partial charge in [-0.05, 0) is 49.5 Å². The number of carbonyl (C=O) groups excluding carboxylic acids is 1. The average Bonchev–Trinajstić information content (AvgIpc) is 2.47. The number of hydrogen-bond acceptors (Lipinski definition) is 4. The molecule has 1 aromatic carbocycles. The Morgan fingerprint density at radius 1 is 1.26 bits per heavy atom. The molecule has 1 aliphatic rings. The summed E-state index contributed by atoms with van der Waals surface area (Å²) in [5.41, 5.74) is 0.986. The van der Waals surface area contributed by atoms with Gasteiger partial charge in [0.25, 0.3) is 0 Å². The van der Waals surface area contributed by atoms with Gasteiger partial charge in [-0.25, -0.2) is 0 Å². The first kappa shape index (κ1) is 13.9. The molecule has 19 heavy (non-hydrogen) atoms. The second-order valence-corrected chi connectivity index (χ2v) is 4.91. The van der Waals surface area contributed by atoms with Crippen molar-refractivity contribution in [2.24, 2.45) is 5.92 Å². The molecule has 1 aliphatic heterocycles. The zero-order chi connectivity index (χ0) is 13.5. The summed E-state index contributed by atoms with van der Waals surface area (Å²) in [6, 6.07) is 7.57. The van der Waals surface area contributed by atoms with Gasteiger partial charge >= 0.3 is 5.97 Å². The summed E-state index contributed by atoms with van der Waals surface area (Å²) in [6.45, 7) is 2.36. The third kappa shape index (κ3) is 4.56. The van der Waals surface area contributed by atoms with Gasteiger partial charge in [-0.15, -0.1) is 0 Å². The number of carbonyl (C=O) groups is 1. The lowest BCUT2D eigenvalue weighted by Crippen LogP contribution is -2.29. The number of methoxy groups -OCH3 is 1. The SMILES string of the molecule is COc1ccc(COC(=O)CC2CCNCC2)cc1. The van der Waals surface area contributed by atoms with Crippen LogP contribution in [0.3, 0.4) is 0 Å². The summed E-state index contributed by atoms with van der Waals surface area (Å²) in [5, 5.41) is 3.29. The normalized spacial score (nSPS) is 16.1. The minimum absolute atomic E-state index is 0.0947. The van der Waals surface area contributed by atoms with E-state index in [1.807, 2.05) is 24.3 Å². The van der Waals surface area contributed by atoms with Crippen LogP contribution in [0.25, 0.3) is 0 Å². The molecule has 1 saturated heterocycles. The van der Waals surface area contributed by atoms with E-state index in [4.69, 9.17) is 9.47 Å². The molecule has 0 amide bonds. The van der Waals surface area contributed by atoms with Gasteiger partial charge in [0.15, 0.2) is 0 Å². The molecule has 0 atom stereocenters. The number of esters is 1. The maximum atomic E-state index is 11.7. The third-order valence-electron chi connectivity index (χ3n) is 3.47. The highest BCUT2D eigenvalue weighted by molar-refractivity contribution is 5.69. The van der Waals surface area contributed by atoms with Gasteiger partial charge in [0.05, 0.1) is 7.11 Å². The average molecular weight is 263 g/mol. The van der Waals surface area contributed by atoms with E-state index in [1.54, 1.807) is 7.11 Å². The molecule has 0 bridgehead atoms. The van der Waals surface area contributed by atoms with Crippen LogP contribution in [0.4, 0.5) is 0 Å². The fourth-order valence-corrected chi connectivity index (χ4v) is 2.27. The predicted molar refractivity (Wildman–Crippen MR) is 73.0 cm³/mol. The van der Waals surface area contributed by atoms with Crippen LogP contribution in [0.2, 0.25) is 0 Å². The summed E-state index contributed by atoms with van der Waals surface area (Å²) in [5.74, 6) is 1.19. The molecule has 1 fully saturated rings. The molecule has 0 aliphatic carbocycles. The summed E-state index contributed by atoms with van der Waals surface area (Å²) in [7, 11) is 1.63. The number of rotatable bonds is 5. The van der Waals surface area contributed by atoms with Gasteiger partial charge in [0.2, 0.25) is 0 Å². The second kappa shape index (κ2) is 7.14. The van der Waals surface area contributed by atoms with Crippen molar-refractivity contribution >= 4 is 5.97 Å². The monoisotopic (exact) mass is 263 g/mol. The Balaban J connectivity index is 1.72. The van der Waals surface area contributed by atoms with E-state index >= 15 is 0 Å². The zero-order valence-corrected chi connectivity index (χ0v) is 11.4. The van der Waals surface area contributed by atoms with Gasteiger partial charge in [-0.2, -0.15) is 0 Å². The van der Waals surface area contributed by atoms with Gasteiger partial charge in [-0.1, -0.05) is 12.1 Å². The van der Waals surface area contributed by atoms with E-state index in [9.17, 15) is 4.79 Å². The number of ether oxygens (including phenoxy) is 2. The number of hydrogen-bond donors (Lipinski definition) is 1. The summed E-state index contributed by atoms with van der Waals surface area (Å²) >= 11 is 0. The number of nitrogens with one attached hydrogen (secondary N) is 1. The van der Waals surface area contributed by atoms with Crippen molar-refractivity contribution in [2.45, 2.75) is 25.9 Å². The first-order chi connectivity index (χ1) is 9.28. The van der Waals surface area contributed by atoms with Crippen LogP contribution in [-0.2, 0) is 16.1 Å². The van der Waals surface area contributed by atoms with Crippen molar-refractivity contribution in [3.8, 4) is 5.75 Å². The molecular formula is C15H21NO3. The highest BCUT2D eigenvalue weighted by Crippen LogP contribution is 2.17. The van der Waals surface area contributed by atoms with Crippen molar-refractivity contribution < 1.29 is 14.3 Å². The molecule has 0 aromatic heterocycles. The highest BCUT2D eigenvalue weighted by atomic mass is 16.5. The first-order valence-corrected chi connectivity index (χ1v) is 6.77. The topological polar surface area (TPSA) is 47.6 Å². The van der Waals surface area contributed by atoms with Crippen LogP contribution in [0.15, 0.2) is 24.3 Å². The van der Waals surface area contributed by atoms with Crippen molar-refractivity contribution in [1.82, 2.24) is 5.32 Å². The highest BCUT2D eigenvalue weighted by Gasteiger charge is 2.17. The molecule has 104 valence electrons. The van der Waals surface area contributed by atoms with Crippen molar-refractivity contribution in [3.63, 3.8) is 0 Å². The van der Waals surface area contributed by atoms with Crippen LogP contribution in [0.1, 0.15) is 24.8 Å². The first-order valence-electron chi connectivity index (χ1n) is 6.77.